The lowest BCUT2D eigenvalue weighted by atomic mass is 9.99. The van der Waals surface area contributed by atoms with Gasteiger partial charge in [-0.1, -0.05) is 12.1 Å². The van der Waals surface area contributed by atoms with Crippen LogP contribution in [0.4, 0.5) is 5.69 Å². The molecule has 1 aromatic rings. The van der Waals surface area contributed by atoms with Crippen molar-refractivity contribution in [3.8, 4) is 0 Å². The minimum absolute atomic E-state index is 0.0560. The molecule has 1 amide bonds. The average molecular weight is 438 g/mol. The van der Waals surface area contributed by atoms with Crippen molar-refractivity contribution < 1.29 is 29.3 Å². The molecule has 0 unspecified atom stereocenters. The third-order valence-electron chi connectivity index (χ3n) is 5.22. The largest absolute Gasteiger partial charge is 0.480 e. The highest BCUT2D eigenvalue weighted by Crippen LogP contribution is 2.34. The molecule has 4 N–H and O–H groups in total. The molecule has 0 bridgehead atoms. The standard InChI is InChI=1S/C20H27N3O6S/c24-18(25)9-23-16-3-1-2-4-17(16)30-12-15(19(23)26)22-14(20(27)28)11-29-10-13-5-7-21-8-6-13/h1-4,13-15,21-22H,5-12H2,(H,24,25)(H,27,28)/t14-,15-/m0/s1. The number of benzene rings is 1. The van der Waals surface area contributed by atoms with E-state index in [4.69, 9.17) is 4.74 Å². The molecule has 0 aliphatic carbocycles. The lowest BCUT2D eigenvalue weighted by Gasteiger charge is -2.27. The summed E-state index contributed by atoms with van der Waals surface area (Å²) >= 11 is 1.39. The SMILES string of the molecule is O=C(O)CN1C(=O)[C@@H](N[C@@H](COCC2CCNCC2)C(=O)O)CSc2ccccc21. The third-order valence-corrected chi connectivity index (χ3v) is 6.37. The quantitative estimate of drug-likeness (QED) is 0.440. The van der Waals surface area contributed by atoms with Crippen molar-refractivity contribution in [2.75, 3.05) is 43.5 Å². The number of carboxylic acid groups (broad SMARTS) is 2. The number of fused-ring (bicyclic) bond motifs is 1. The van der Waals surface area contributed by atoms with E-state index in [1.165, 1.54) is 16.7 Å². The van der Waals surface area contributed by atoms with Crippen LogP contribution in [0.25, 0.3) is 0 Å². The summed E-state index contributed by atoms with van der Waals surface area (Å²) in [6.07, 6.45) is 1.98. The van der Waals surface area contributed by atoms with Gasteiger partial charge in [0.2, 0.25) is 5.91 Å². The molecule has 2 atom stereocenters. The van der Waals surface area contributed by atoms with E-state index in [1.54, 1.807) is 12.1 Å². The van der Waals surface area contributed by atoms with Gasteiger partial charge in [0.1, 0.15) is 12.6 Å². The molecule has 1 saturated heterocycles. The Morgan fingerprint density at radius 1 is 1.27 bits per heavy atom. The van der Waals surface area contributed by atoms with Gasteiger partial charge < -0.3 is 20.3 Å². The molecule has 0 spiro atoms. The summed E-state index contributed by atoms with van der Waals surface area (Å²) in [7, 11) is 0. The number of hydrogen-bond acceptors (Lipinski definition) is 7. The second-order valence-corrected chi connectivity index (χ2v) is 8.50. The Bertz CT molecular complexity index is 771. The molecular weight excluding hydrogens is 410 g/mol. The minimum Gasteiger partial charge on any atom is -0.480 e. The predicted molar refractivity (Wildman–Crippen MR) is 112 cm³/mol. The van der Waals surface area contributed by atoms with Gasteiger partial charge in [0, 0.05) is 17.3 Å². The van der Waals surface area contributed by atoms with E-state index in [0.717, 1.165) is 30.8 Å². The lowest BCUT2D eigenvalue weighted by molar-refractivity contribution is -0.142. The van der Waals surface area contributed by atoms with E-state index in [1.807, 2.05) is 12.1 Å². The van der Waals surface area contributed by atoms with E-state index in [0.29, 0.717) is 24.0 Å². The summed E-state index contributed by atoms with van der Waals surface area (Å²) in [5, 5.41) is 25.0. The van der Waals surface area contributed by atoms with E-state index in [9.17, 15) is 24.6 Å². The number of piperidine rings is 1. The smallest absolute Gasteiger partial charge is 0.323 e. The topological polar surface area (TPSA) is 128 Å². The number of ether oxygens (including phenoxy) is 1. The fourth-order valence-electron chi connectivity index (χ4n) is 3.61. The highest BCUT2D eigenvalue weighted by molar-refractivity contribution is 7.99. The van der Waals surface area contributed by atoms with Gasteiger partial charge in [0.15, 0.2) is 0 Å². The maximum Gasteiger partial charge on any atom is 0.323 e. The van der Waals surface area contributed by atoms with Gasteiger partial charge in [0.05, 0.1) is 18.3 Å². The third kappa shape index (κ3) is 5.94. The number of aliphatic carboxylic acids is 2. The molecule has 2 aliphatic rings. The Hall–Kier alpha value is -2.14. The summed E-state index contributed by atoms with van der Waals surface area (Å²) in [6, 6.07) is 5.17. The number of carboxylic acids is 2. The fraction of sp³-hybridized carbons (Fsp3) is 0.550. The van der Waals surface area contributed by atoms with Gasteiger partial charge in [-0.15, -0.1) is 11.8 Å². The second-order valence-electron chi connectivity index (χ2n) is 7.44. The van der Waals surface area contributed by atoms with Crippen LogP contribution in [0.15, 0.2) is 29.2 Å². The molecule has 2 heterocycles. The van der Waals surface area contributed by atoms with Crippen LogP contribution < -0.4 is 15.5 Å². The molecule has 3 rings (SSSR count). The number of para-hydroxylation sites is 1. The molecule has 1 aromatic carbocycles. The molecule has 10 heteroatoms. The van der Waals surface area contributed by atoms with Crippen LogP contribution in [0.3, 0.4) is 0 Å². The Morgan fingerprint density at radius 2 is 2.00 bits per heavy atom. The first-order valence-electron chi connectivity index (χ1n) is 9.98. The van der Waals surface area contributed by atoms with E-state index < -0.39 is 36.5 Å². The van der Waals surface area contributed by atoms with E-state index in [2.05, 4.69) is 10.6 Å². The van der Waals surface area contributed by atoms with Crippen LogP contribution in [0.1, 0.15) is 12.8 Å². The van der Waals surface area contributed by atoms with Crippen molar-refractivity contribution in [3.05, 3.63) is 24.3 Å². The Morgan fingerprint density at radius 3 is 2.70 bits per heavy atom. The molecular formula is C20H27N3O6S. The van der Waals surface area contributed by atoms with Crippen molar-refractivity contribution in [1.82, 2.24) is 10.6 Å². The Balaban J connectivity index is 1.66. The van der Waals surface area contributed by atoms with E-state index >= 15 is 0 Å². The molecule has 2 aliphatic heterocycles. The van der Waals surface area contributed by atoms with Crippen molar-refractivity contribution >= 4 is 35.3 Å². The fourth-order valence-corrected chi connectivity index (χ4v) is 4.69. The number of nitrogens with one attached hydrogen (secondary N) is 2. The molecule has 0 aromatic heterocycles. The monoisotopic (exact) mass is 437 g/mol. The number of carbonyl (C=O) groups is 3. The van der Waals surface area contributed by atoms with Gasteiger partial charge in [-0.2, -0.15) is 0 Å². The zero-order chi connectivity index (χ0) is 21.5. The highest BCUT2D eigenvalue weighted by Gasteiger charge is 2.34. The molecule has 30 heavy (non-hydrogen) atoms. The van der Waals surface area contributed by atoms with Gasteiger partial charge >= 0.3 is 11.9 Å². The second kappa shape index (κ2) is 10.8. The number of hydrogen-bond donors (Lipinski definition) is 4. The predicted octanol–water partition coefficient (Wildman–Crippen LogP) is 0.638. The number of rotatable bonds is 9. The molecule has 0 radical (unpaired) electrons. The maximum atomic E-state index is 13.1. The Kier molecular flexibility index (Phi) is 8.08. The first-order valence-corrected chi connectivity index (χ1v) is 11.0. The summed E-state index contributed by atoms with van der Waals surface area (Å²) in [5.41, 5.74) is 0.522. The molecule has 164 valence electrons. The zero-order valence-corrected chi connectivity index (χ0v) is 17.4. The van der Waals surface area contributed by atoms with Gasteiger partial charge in [-0.25, -0.2) is 0 Å². The van der Waals surface area contributed by atoms with Crippen molar-refractivity contribution in [1.29, 1.82) is 0 Å². The first-order chi connectivity index (χ1) is 14.5. The molecule has 0 saturated carbocycles. The van der Waals surface area contributed by atoms with Crippen LogP contribution in [-0.4, -0.2) is 78.7 Å². The minimum atomic E-state index is -1.14. The van der Waals surface area contributed by atoms with Gasteiger partial charge in [-0.05, 0) is 44.0 Å². The van der Waals surface area contributed by atoms with Crippen molar-refractivity contribution in [2.45, 2.75) is 29.8 Å². The van der Waals surface area contributed by atoms with Crippen LogP contribution in [0.5, 0.6) is 0 Å². The summed E-state index contributed by atoms with van der Waals surface area (Å²) in [4.78, 5) is 38.1. The number of anilines is 1. The van der Waals surface area contributed by atoms with Crippen LogP contribution in [0.2, 0.25) is 0 Å². The van der Waals surface area contributed by atoms with Crippen molar-refractivity contribution in [2.24, 2.45) is 5.92 Å². The molecule has 1 fully saturated rings. The van der Waals surface area contributed by atoms with Crippen LogP contribution in [-0.2, 0) is 19.1 Å². The molecule has 9 nitrogen and oxygen atoms in total. The Labute approximate surface area is 179 Å². The number of amides is 1. The lowest BCUT2D eigenvalue weighted by Crippen LogP contribution is -2.55. The van der Waals surface area contributed by atoms with Crippen molar-refractivity contribution in [3.63, 3.8) is 0 Å². The van der Waals surface area contributed by atoms with Gasteiger partial charge in [-0.3, -0.25) is 24.6 Å². The normalized spacial score (nSPS) is 21.0. The summed E-state index contributed by atoms with van der Waals surface area (Å²) < 4.78 is 5.66. The zero-order valence-electron chi connectivity index (χ0n) is 16.6. The van der Waals surface area contributed by atoms with Crippen LogP contribution >= 0.6 is 11.8 Å². The van der Waals surface area contributed by atoms with Gasteiger partial charge in [0.25, 0.3) is 0 Å². The summed E-state index contributed by atoms with van der Waals surface area (Å²) in [5.74, 6) is -2.01. The number of carbonyl (C=O) groups excluding carboxylic acids is 1. The number of thioether (sulfide) groups is 1. The van der Waals surface area contributed by atoms with Crippen LogP contribution in [0, 0.1) is 5.92 Å². The average Bonchev–Trinajstić information content (AvgIpc) is 2.85. The first kappa shape index (κ1) is 22.5. The number of nitrogens with zero attached hydrogens (tertiary/aromatic N) is 1. The highest BCUT2D eigenvalue weighted by atomic mass is 32.2. The maximum absolute atomic E-state index is 13.1. The van der Waals surface area contributed by atoms with E-state index in [-0.39, 0.29) is 6.61 Å². The summed E-state index contributed by atoms with van der Waals surface area (Å²) in [6.45, 7) is 1.81.